The Morgan fingerprint density at radius 1 is 1.13 bits per heavy atom. The van der Waals surface area contributed by atoms with E-state index < -0.39 is 12.2 Å². The highest BCUT2D eigenvalue weighted by molar-refractivity contribution is 6.32. The Kier molecular flexibility index (Phi) is 10.3. The van der Waals surface area contributed by atoms with Crippen LogP contribution in [-0.4, -0.2) is 104 Å². The van der Waals surface area contributed by atoms with Gasteiger partial charge >= 0.3 is 0 Å². The number of nitrogens with zero attached hydrogens (tertiary/aromatic N) is 2. The van der Waals surface area contributed by atoms with Crippen LogP contribution in [-0.2, 0) is 9.57 Å². The van der Waals surface area contributed by atoms with E-state index in [9.17, 15) is 15.0 Å². The predicted molar refractivity (Wildman–Crippen MR) is 140 cm³/mol. The fourth-order valence-electron chi connectivity index (χ4n) is 4.16. The first-order valence-electron chi connectivity index (χ1n) is 12.4. The van der Waals surface area contributed by atoms with Crippen molar-refractivity contribution in [3.05, 3.63) is 52.0 Å². The number of aliphatic hydroxyl groups is 2. The third-order valence-corrected chi connectivity index (χ3v) is 6.62. The molecule has 1 unspecified atom stereocenters. The number of amides is 1. The summed E-state index contributed by atoms with van der Waals surface area (Å²) < 4.78 is 22.5. The van der Waals surface area contributed by atoms with Crippen LogP contribution >= 0.6 is 23.2 Å². The van der Waals surface area contributed by atoms with E-state index in [2.05, 4.69) is 0 Å². The van der Waals surface area contributed by atoms with E-state index in [1.165, 1.54) is 12.1 Å². The quantitative estimate of drug-likeness (QED) is 0.372. The van der Waals surface area contributed by atoms with Crippen LogP contribution in [0.3, 0.4) is 0 Å². The fraction of sp³-hybridized carbons (Fsp3) is 0.500. The van der Waals surface area contributed by atoms with Crippen LogP contribution < -0.4 is 14.2 Å². The molecule has 12 heteroatoms. The van der Waals surface area contributed by atoms with Gasteiger partial charge in [0.25, 0.3) is 5.91 Å². The molecule has 2 heterocycles. The normalized spacial score (nSPS) is 20.5. The third-order valence-electron chi connectivity index (χ3n) is 6.07. The van der Waals surface area contributed by atoms with Crippen molar-refractivity contribution in [2.75, 3.05) is 59.7 Å². The maximum Gasteiger partial charge on any atom is 0.257 e. The van der Waals surface area contributed by atoms with Gasteiger partial charge in [-0.25, -0.2) is 0 Å². The largest absolute Gasteiger partial charge is 0.490 e. The average Bonchev–Trinajstić information content (AvgIpc) is 3.53. The molecule has 2 saturated heterocycles. The summed E-state index contributed by atoms with van der Waals surface area (Å²) >= 11 is 12.3. The van der Waals surface area contributed by atoms with Gasteiger partial charge in [0.15, 0.2) is 0 Å². The molecule has 38 heavy (non-hydrogen) atoms. The van der Waals surface area contributed by atoms with Gasteiger partial charge in [-0.15, -0.1) is 0 Å². The summed E-state index contributed by atoms with van der Waals surface area (Å²) in [7, 11) is 1.56. The maximum atomic E-state index is 13.2. The lowest BCUT2D eigenvalue weighted by Gasteiger charge is -2.22. The Morgan fingerprint density at radius 3 is 2.63 bits per heavy atom. The van der Waals surface area contributed by atoms with Gasteiger partial charge < -0.3 is 34.1 Å². The number of hydroxylamine groups is 2. The minimum Gasteiger partial charge on any atom is -0.490 e. The van der Waals surface area contributed by atoms with E-state index in [1.54, 1.807) is 41.3 Å². The number of methoxy groups -OCH3 is 1. The average molecular weight is 571 g/mol. The molecule has 0 saturated carbocycles. The van der Waals surface area contributed by atoms with Gasteiger partial charge in [-0.3, -0.25) is 9.63 Å². The standard InChI is InChI=1S/C26H32Cl2N2O8/c1-34-8-9-35-25-11-24(22(10-23(25)28)26(33)29-7-6-18(31)12-29)36-15-19(32)13-30-14-21(16-37-30)38-20-4-2-17(27)3-5-20/h2-5,10-11,18-19,21,31-32H,6-9,12-16H2,1H3/t18?,19-,21-/m1/s1. The first kappa shape index (κ1) is 28.7. The SMILES string of the molecule is COCCOc1cc(OC[C@H](O)CN2C[C@@H](Oc3ccc(Cl)cc3)CO2)c(C(=O)N2CCC(O)C2)cc1Cl. The second kappa shape index (κ2) is 13.7. The second-order valence-corrected chi connectivity index (χ2v) is 9.96. The number of hydrogen-bond donors (Lipinski definition) is 2. The summed E-state index contributed by atoms with van der Waals surface area (Å²) in [5.41, 5.74) is 0.226. The van der Waals surface area contributed by atoms with Crippen LogP contribution in [0, 0.1) is 0 Å². The second-order valence-electron chi connectivity index (χ2n) is 9.12. The monoisotopic (exact) mass is 570 g/mol. The molecule has 2 aliphatic heterocycles. The number of β-amino-alcohol motifs (C(OH)–C–C–N with tert-alkyl or cyclic N) is 2. The molecule has 10 nitrogen and oxygen atoms in total. The molecule has 2 N–H and O–H groups in total. The highest BCUT2D eigenvalue weighted by Gasteiger charge is 2.30. The number of carbonyl (C=O) groups excluding carboxylic acids is 1. The smallest absolute Gasteiger partial charge is 0.257 e. The van der Waals surface area contributed by atoms with Crippen molar-refractivity contribution in [2.24, 2.45) is 0 Å². The highest BCUT2D eigenvalue weighted by atomic mass is 35.5. The van der Waals surface area contributed by atoms with Gasteiger partial charge in [-0.1, -0.05) is 23.2 Å². The van der Waals surface area contributed by atoms with Gasteiger partial charge in [0.2, 0.25) is 0 Å². The van der Waals surface area contributed by atoms with E-state index in [0.717, 1.165) is 0 Å². The highest BCUT2D eigenvalue weighted by Crippen LogP contribution is 2.34. The maximum absolute atomic E-state index is 13.2. The zero-order valence-corrected chi connectivity index (χ0v) is 22.6. The minimum atomic E-state index is -0.922. The molecular weight excluding hydrogens is 539 g/mol. The van der Waals surface area contributed by atoms with Crippen LogP contribution in [0.1, 0.15) is 16.8 Å². The summed E-state index contributed by atoms with van der Waals surface area (Å²) in [6.07, 6.45) is -1.18. The van der Waals surface area contributed by atoms with E-state index in [4.69, 9.17) is 47.0 Å². The van der Waals surface area contributed by atoms with E-state index in [0.29, 0.717) is 49.2 Å². The van der Waals surface area contributed by atoms with Gasteiger partial charge in [-0.2, -0.15) is 5.06 Å². The zero-order chi connectivity index (χ0) is 27.1. The van der Waals surface area contributed by atoms with Crippen molar-refractivity contribution in [3.63, 3.8) is 0 Å². The lowest BCUT2D eigenvalue weighted by molar-refractivity contribution is -0.131. The summed E-state index contributed by atoms with van der Waals surface area (Å²) in [5.74, 6) is 0.916. The summed E-state index contributed by atoms with van der Waals surface area (Å²) in [5, 5.41) is 23.0. The van der Waals surface area contributed by atoms with Crippen molar-refractivity contribution >= 4 is 29.1 Å². The van der Waals surface area contributed by atoms with Crippen LogP contribution in [0.25, 0.3) is 0 Å². The minimum absolute atomic E-state index is 0.107. The van der Waals surface area contributed by atoms with Crippen LogP contribution in [0.5, 0.6) is 17.2 Å². The molecule has 2 aromatic carbocycles. The Hall–Kier alpha value is -2.31. The molecule has 0 bridgehead atoms. The lowest BCUT2D eigenvalue weighted by atomic mass is 10.1. The predicted octanol–water partition coefficient (Wildman–Crippen LogP) is 2.66. The Labute approximate surface area is 231 Å². The lowest BCUT2D eigenvalue weighted by Crippen LogP contribution is -2.35. The number of aliphatic hydroxyl groups excluding tert-OH is 2. The Balaban J connectivity index is 1.36. The number of benzene rings is 2. The van der Waals surface area contributed by atoms with Gasteiger partial charge in [0, 0.05) is 31.3 Å². The number of carbonyl (C=O) groups is 1. The van der Waals surface area contributed by atoms with Crippen LogP contribution in [0.15, 0.2) is 36.4 Å². The van der Waals surface area contributed by atoms with Gasteiger partial charge in [0.05, 0.1) is 36.4 Å². The molecule has 0 aromatic heterocycles. The molecule has 1 amide bonds. The molecule has 2 aromatic rings. The zero-order valence-electron chi connectivity index (χ0n) is 21.1. The molecule has 0 aliphatic carbocycles. The number of ether oxygens (including phenoxy) is 4. The molecule has 3 atom stereocenters. The number of rotatable bonds is 12. The molecule has 2 fully saturated rings. The van der Waals surface area contributed by atoms with Crippen molar-refractivity contribution < 1.29 is 38.8 Å². The number of hydrogen-bond acceptors (Lipinski definition) is 9. The molecule has 4 rings (SSSR count). The Morgan fingerprint density at radius 2 is 1.92 bits per heavy atom. The first-order chi connectivity index (χ1) is 18.3. The number of likely N-dealkylation sites (tertiary alicyclic amines) is 1. The van der Waals surface area contributed by atoms with Crippen LogP contribution in [0.4, 0.5) is 0 Å². The summed E-state index contributed by atoms with van der Waals surface area (Å²) in [4.78, 5) is 20.4. The third kappa shape index (κ3) is 7.86. The van der Waals surface area contributed by atoms with Crippen molar-refractivity contribution in [3.8, 4) is 17.2 Å². The van der Waals surface area contributed by atoms with E-state index in [1.807, 2.05) is 0 Å². The summed E-state index contributed by atoms with van der Waals surface area (Å²) in [6.45, 7) is 2.14. The summed E-state index contributed by atoms with van der Waals surface area (Å²) in [6, 6.07) is 10.1. The van der Waals surface area contributed by atoms with Crippen molar-refractivity contribution in [2.45, 2.75) is 24.7 Å². The van der Waals surface area contributed by atoms with E-state index >= 15 is 0 Å². The Bertz CT molecular complexity index is 1070. The first-order valence-corrected chi connectivity index (χ1v) is 13.1. The van der Waals surface area contributed by atoms with Gasteiger partial charge in [-0.05, 0) is 36.8 Å². The fourth-order valence-corrected chi connectivity index (χ4v) is 4.51. The molecular formula is C26H32Cl2N2O8. The van der Waals surface area contributed by atoms with Crippen molar-refractivity contribution in [1.82, 2.24) is 9.96 Å². The molecule has 2 aliphatic rings. The topological polar surface area (TPSA) is 110 Å². The van der Waals surface area contributed by atoms with E-state index in [-0.39, 0.29) is 54.7 Å². The van der Waals surface area contributed by atoms with Crippen molar-refractivity contribution in [1.29, 1.82) is 0 Å². The molecule has 0 radical (unpaired) electrons. The molecule has 0 spiro atoms. The number of halogens is 2. The molecule has 208 valence electrons. The van der Waals surface area contributed by atoms with Crippen LogP contribution in [0.2, 0.25) is 10.0 Å². The van der Waals surface area contributed by atoms with Gasteiger partial charge in [0.1, 0.15) is 49.3 Å².